The Morgan fingerprint density at radius 1 is 1.42 bits per heavy atom. The Morgan fingerprint density at radius 2 is 2.21 bits per heavy atom. The van der Waals surface area contributed by atoms with E-state index in [1.807, 2.05) is 6.20 Å². The van der Waals surface area contributed by atoms with E-state index in [1.54, 1.807) is 0 Å². The van der Waals surface area contributed by atoms with E-state index in [-0.39, 0.29) is 0 Å². The maximum Gasteiger partial charge on any atom is 0.0306 e. The molecule has 2 rings (SSSR count). The van der Waals surface area contributed by atoms with Crippen LogP contribution in [-0.4, -0.2) is 18.1 Å². The van der Waals surface area contributed by atoms with Crippen molar-refractivity contribution in [1.82, 2.24) is 10.3 Å². The molecule has 1 aromatic heterocycles. The van der Waals surface area contributed by atoms with E-state index >= 15 is 0 Å². The zero-order chi connectivity index (χ0) is 13.7. The van der Waals surface area contributed by atoms with Crippen LogP contribution in [0, 0.1) is 11.8 Å². The van der Waals surface area contributed by atoms with Crippen molar-refractivity contribution in [2.45, 2.75) is 51.9 Å². The lowest BCUT2D eigenvalue weighted by atomic mass is 9.58. The molecule has 0 amide bonds. The summed E-state index contributed by atoms with van der Waals surface area (Å²) in [5, 5.41) is 3.66. The number of rotatable bonds is 7. The second-order valence-corrected chi connectivity index (χ2v) is 6.61. The third kappa shape index (κ3) is 3.56. The molecule has 1 aromatic rings. The lowest BCUT2D eigenvalue weighted by molar-refractivity contribution is 0.127. The van der Waals surface area contributed by atoms with Crippen LogP contribution in [0.4, 0.5) is 0 Å². The summed E-state index contributed by atoms with van der Waals surface area (Å²) in [5.41, 5.74) is 1.78. The quantitative estimate of drug-likeness (QED) is 0.807. The van der Waals surface area contributed by atoms with E-state index < -0.39 is 0 Å². The van der Waals surface area contributed by atoms with Gasteiger partial charge in [-0.2, -0.15) is 0 Å². The molecule has 1 N–H and O–H groups in total. The molecule has 2 nitrogen and oxygen atoms in total. The van der Waals surface area contributed by atoms with Gasteiger partial charge in [0, 0.05) is 24.4 Å². The van der Waals surface area contributed by atoms with Gasteiger partial charge in [-0.1, -0.05) is 39.7 Å². The molecule has 1 fully saturated rings. The summed E-state index contributed by atoms with van der Waals surface area (Å²) in [7, 11) is 0. The first-order chi connectivity index (χ1) is 9.16. The largest absolute Gasteiger partial charge is 0.316 e. The molecule has 106 valence electrons. The van der Waals surface area contributed by atoms with Crippen molar-refractivity contribution in [3.63, 3.8) is 0 Å². The molecule has 0 radical (unpaired) electrons. The molecule has 1 saturated carbocycles. The van der Waals surface area contributed by atoms with Gasteiger partial charge in [0.2, 0.25) is 0 Å². The summed E-state index contributed by atoms with van der Waals surface area (Å²) in [6, 6.07) is 4.33. The Labute approximate surface area is 118 Å². The van der Waals surface area contributed by atoms with Gasteiger partial charge < -0.3 is 5.32 Å². The Morgan fingerprint density at radius 3 is 2.79 bits per heavy atom. The predicted molar refractivity (Wildman–Crippen MR) is 81.3 cm³/mol. The average Bonchev–Trinajstić information content (AvgIpc) is 2.36. The van der Waals surface area contributed by atoms with Crippen LogP contribution < -0.4 is 5.32 Å². The van der Waals surface area contributed by atoms with Gasteiger partial charge in [-0.05, 0) is 42.9 Å². The van der Waals surface area contributed by atoms with Gasteiger partial charge in [0.15, 0.2) is 0 Å². The molecular formula is C17H28N2. The van der Waals surface area contributed by atoms with Crippen molar-refractivity contribution in [1.29, 1.82) is 0 Å². The predicted octanol–water partition coefficient (Wildman–Crippen LogP) is 3.78. The van der Waals surface area contributed by atoms with Crippen molar-refractivity contribution in [2.24, 2.45) is 11.8 Å². The molecule has 1 heterocycles. The van der Waals surface area contributed by atoms with E-state index in [0.717, 1.165) is 24.9 Å². The highest BCUT2D eigenvalue weighted by Gasteiger charge is 2.44. The minimum Gasteiger partial charge on any atom is -0.316 e. The fourth-order valence-electron chi connectivity index (χ4n) is 3.42. The first-order valence-electron chi connectivity index (χ1n) is 7.77. The smallest absolute Gasteiger partial charge is 0.0306 e. The van der Waals surface area contributed by atoms with Crippen LogP contribution in [0.25, 0.3) is 0 Å². The van der Waals surface area contributed by atoms with Crippen LogP contribution in [-0.2, 0) is 5.41 Å². The molecule has 0 aliphatic heterocycles. The van der Waals surface area contributed by atoms with Crippen LogP contribution >= 0.6 is 0 Å². The highest BCUT2D eigenvalue weighted by molar-refractivity contribution is 5.26. The number of pyridine rings is 1. The van der Waals surface area contributed by atoms with Gasteiger partial charge in [0.05, 0.1) is 0 Å². The van der Waals surface area contributed by atoms with Crippen molar-refractivity contribution in [3.05, 3.63) is 30.1 Å². The van der Waals surface area contributed by atoms with Gasteiger partial charge in [-0.15, -0.1) is 0 Å². The first kappa shape index (κ1) is 14.5. The molecule has 2 heteroatoms. The number of nitrogens with zero attached hydrogens (tertiary/aromatic N) is 1. The monoisotopic (exact) mass is 260 g/mol. The summed E-state index contributed by atoms with van der Waals surface area (Å²) in [6.07, 6.45) is 9.30. The summed E-state index contributed by atoms with van der Waals surface area (Å²) in [5.74, 6) is 1.64. The molecule has 0 spiro atoms. The average molecular weight is 260 g/mol. The number of hydrogen-bond donors (Lipinski definition) is 1. The van der Waals surface area contributed by atoms with Crippen molar-refractivity contribution in [3.8, 4) is 0 Å². The third-order valence-electron chi connectivity index (χ3n) is 4.35. The molecular weight excluding hydrogens is 232 g/mol. The van der Waals surface area contributed by atoms with Gasteiger partial charge in [0.25, 0.3) is 0 Å². The highest BCUT2D eigenvalue weighted by Crippen LogP contribution is 2.49. The second kappa shape index (κ2) is 6.51. The summed E-state index contributed by atoms with van der Waals surface area (Å²) in [6.45, 7) is 9.05. The third-order valence-corrected chi connectivity index (χ3v) is 4.35. The standard InChI is InChI=1S/C17H28N2/c1-4-6-15-9-17(10-15,13-19-11-14(2)3)16-7-5-8-18-12-16/h5,7-8,12,14-15,19H,4,6,9-11,13H2,1-3H3. The Bertz CT molecular complexity index is 366. The van der Waals surface area contributed by atoms with Crippen molar-refractivity contribution >= 4 is 0 Å². The minimum absolute atomic E-state index is 0.350. The fraction of sp³-hybridized carbons (Fsp3) is 0.706. The number of nitrogens with one attached hydrogen (secondary N) is 1. The lowest BCUT2D eigenvalue weighted by Crippen LogP contribution is -2.49. The zero-order valence-electron chi connectivity index (χ0n) is 12.7. The van der Waals surface area contributed by atoms with Gasteiger partial charge in [0.1, 0.15) is 0 Å². The molecule has 1 aliphatic carbocycles. The number of aromatic nitrogens is 1. The van der Waals surface area contributed by atoms with E-state index in [0.29, 0.717) is 5.41 Å². The van der Waals surface area contributed by atoms with Crippen LogP contribution in [0.15, 0.2) is 24.5 Å². The van der Waals surface area contributed by atoms with E-state index in [1.165, 1.54) is 31.2 Å². The summed E-state index contributed by atoms with van der Waals surface area (Å²) in [4.78, 5) is 4.32. The topological polar surface area (TPSA) is 24.9 Å². The van der Waals surface area contributed by atoms with Crippen LogP contribution in [0.3, 0.4) is 0 Å². The lowest BCUT2D eigenvalue weighted by Gasteiger charge is -2.48. The summed E-state index contributed by atoms with van der Waals surface area (Å²) >= 11 is 0. The first-order valence-corrected chi connectivity index (χ1v) is 7.77. The SMILES string of the molecule is CCCC1CC(CNCC(C)C)(c2cccnc2)C1. The zero-order valence-corrected chi connectivity index (χ0v) is 12.7. The van der Waals surface area contributed by atoms with E-state index in [4.69, 9.17) is 0 Å². The summed E-state index contributed by atoms with van der Waals surface area (Å²) < 4.78 is 0. The van der Waals surface area contributed by atoms with Crippen molar-refractivity contribution < 1.29 is 0 Å². The molecule has 0 bridgehead atoms. The Balaban J connectivity index is 1.99. The van der Waals surface area contributed by atoms with Crippen LogP contribution in [0.1, 0.15) is 52.0 Å². The maximum atomic E-state index is 4.32. The molecule has 0 atom stereocenters. The second-order valence-electron chi connectivity index (χ2n) is 6.61. The molecule has 0 unspecified atom stereocenters. The fourth-order valence-corrected chi connectivity index (χ4v) is 3.42. The Kier molecular flexibility index (Phi) is 4.98. The van der Waals surface area contributed by atoms with E-state index in [2.05, 4.69) is 49.4 Å². The van der Waals surface area contributed by atoms with Crippen LogP contribution in [0.2, 0.25) is 0 Å². The normalized spacial score (nSPS) is 26.4. The van der Waals surface area contributed by atoms with Crippen LogP contribution in [0.5, 0.6) is 0 Å². The number of hydrogen-bond acceptors (Lipinski definition) is 2. The van der Waals surface area contributed by atoms with Crippen molar-refractivity contribution in [2.75, 3.05) is 13.1 Å². The molecule has 19 heavy (non-hydrogen) atoms. The van der Waals surface area contributed by atoms with E-state index in [9.17, 15) is 0 Å². The Hall–Kier alpha value is -0.890. The van der Waals surface area contributed by atoms with Gasteiger partial charge in [-0.3, -0.25) is 4.98 Å². The highest BCUT2D eigenvalue weighted by atomic mass is 14.9. The molecule has 0 aromatic carbocycles. The van der Waals surface area contributed by atoms with Gasteiger partial charge in [-0.25, -0.2) is 0 Å². The molecule has 0 saturated heterocycles. The van der Waals surface area contributed by atoms with Gasteiger partial charge >= 0.3 is 0 Å². The minimum atomic E-state index is 0.350. The molecule has 1 aliphatic rings. The maximum absolute atomic E-state index is 4.32.